The monoisotopic (exact) mass is 339 g/mol. The molecule has 0 unspecified atom stereocenters. The van der Waals surface area contributed by atoms with Gasteiger partial charge in [-0.05, 0) is 42.5 Å². The van der Waals surface area contributed by atoms with Gasteiger partial charge in [0.1, 0.15) is 0 Å². The molecule has 0 saturated heterocycles. The molecule has 1 radical (unpaired) electrons. The zero-order valence-electron chi connectivity index (χ0n) is 15.3. The van der Waals surface area contributed by atoms with Crippen molar-refractivity contribution in [1.29, 1.82) is 0 Å². The van der Waals surface area contributed by atoms with Crippen LogP contribution in [0.5, 0.6) is 0 Å². The van der Waals surface area contributed by atoms with E-state index in [0.29, 0.717) is 0 Å². The summed E-state index contributed by atoms with van der Waals surface area (Å²) in [6, 6.07) is 24.5. The van der Waals surface area contributed by atoms with Crippen molar-refractivity contribution in [2.45, 2.75) is 20.8 Å². The zero-order valence-corrected chi connectivity index (χ0v) is 16.2. The average molecular weight is 339 g/mol. The largest absolute Gasteiger partial charge is 0.288 e. The smallest absolute Gasteiger partial charge is 0.193 e. The summed E-state index contributed by atoms with van der Waals surface area (Å²) >= 11 is 0. The predicted octanol–water partition coefficient (Wildman–Crippen LogP) is 4.50. The quantitative estimate of drug-likeness (QED) is 0.505. The van der Waals surface area contributed by atoms with Crippen LogP contribution in [0.25, 0.3) is 0 Å². The van der Waals surface area contributed by atoms with Gasteiger partial charge in [0.25, 0.3) is 0 Å². The van der Waals surface area contributed by atoms with Gasteiger partial charge in [0.05, 0.1) is 0 Å². The third-order valence-electron chi connectivity index (χ3n) is 4.12. The molecule has 3 rings (SSSR count). The molecule has 0 fully saturated rings. The molecule has 0 aliphatic heterocycles. The molecule has 0 aromatic heterocycles. The van der Waals surface area contributed by atoms with Crippen molar-refractivity contribution in [3.63, 3.8) is 0 Å². The molecule has 3 heteroatoms. The van der Waals surface area contributed by atoms with E-state index in [1.54, 1.807) is 0 Å². The number of aryl methyl sites for hydroxylation is 3. The molecule has 121 valence electrons. The number of benzene rings is 3. The molecule has 25 heavy (non-hydrogen) atoms. The van der Waals surface area contributed by atoms with Gasteiger partial charge in [-0.2, -0.15) is 0 Å². The maximum absolute atomic E-state index is 13.5. The van der Waals surface area contributed by atoms with Crippen molar-refractivity contribution in [2.24, 2.45) is 0 Å². The van der Waals surface area contributed by atoms with Crippen LogP contribution in [-0.4, -0.2) is 24.4 Å². The third kappa shape index (κ3) is 4.31. The summed E-state index contributed by atoms with van der Waals surface area (Å²) in [4.78, 5) is 13.5. The third-order valence-corrected chi connectivity index (χ3v) is 6.38. The minimum atomic E-state index is -1.07. The van der Waals surface area contributed by atoms with E-state index in [1.165, 1.54) is 5.56 Å². The summed E-state index contributed by atoms with van der Waals surface area (Å²) in [6.45, 7) is 6.15. The molecular weight excluding hydrogens is 318 g/mol. The Hall–Kier alpha value is -1.64. The van der Waals surface area contributed by atoms with Crippen molar-refractivity contribution in [3.8, 4) is 0 Å². The molecule has 0 aliphatic rings. The fourth-order valence-corrected chi connectivity index (χ4v) is 5.45. The van der Waals surface area contributed by atoms with Gasteiger partial charge in [0.2, 0.25) is 0 Å². The molecule has 0 heterocycles. The summed E-state index contributed by atoms with van der Waals surface area (Å²) in [5.74, 6) is 0. The van der Waals surface area contributed by atoms with Crippen molar-refractivity contribution in [3.05, 3.63) is 95.1 Å². The van der Waals surface area contributed by atoms with Crippen LogP contribution in [0.4, 0.5) is 0 Å². The second-order valence-electron chi connectivity index (χ2n) is 6.09. The van der Waals surface area contributed by atoms with Crippen LogP contribution >= 0.6 is 7.92 Å². The Kier molecular flexibility index (Phi) is 6.80. The Morgan fingerprint density at radius 3 is 1.52 bits per heavy atom. The molecule has 3 aromatic rings. The predicted molar refractivity (Wildman–Crippen MR) is 110 cm³/mol. The molecule has 0 amide bonds. The van der Waals surface area contributed by atoms with E-state index < -0.39 is 7.92 Å². The number of hydrogen-bond acceptors (Lipinski definition) is 1. The van der Waals surface area contributed by atoms with E-state index in [1.807, 2.05) is 50.2 Å². The van der Waals surface area contributed by atoms with E-state index in [0.717, 1.165) is 27.3 Å². The Morgan fingerprint density at radius 2 is 1.12 bits per heavy atom. The fraction of sp³-hybridized carbons (Fsp3) is 0.136. The topological polar surface area (TPSA) is 17.1 Å². The normalized spacial score (nSPS) is 10.4. The van der Waals surface area contributed by atoms with Gasteiger partial charge in [0.15, 0.2) is 5.52 Å². The Balaban J connectivity index is 0.00000225. The van der Waals surface area contributed by atoms with Crippen LogP contribution in [0.2, 0.25) is 0 Å². The zero-order chi connectivity index (χ0) is 17.1. The van der Waals surface area contributed by atoms with Crippen LogP contribution in [0.3, 0.4) is 0 Å². The van der Waals surface area contributed by atoms with Gasteiger partial charge in [-0.1, -0.05) is 78.4 Å². The first-order valence-electron chi connectivity index (χ1n) is 8.10. The van der Waals surface area contributed by atoms with Crippen molar-refractivity contribution in [1.82, 2.24) is 0 Å². The molecule has 0 saturated carbocycles. The Bertz CT molecular complexity index is 797. The summed E-state index contributed by atoms with van der Waals surface area (Å²) in [5.41, 5.74) is 4.44. The molecule has 0 spiro atoms. The van der Waals surface area contributed by atoms with Gasteiger partial charge >= 0.3 is 0 Å². The molecule has 0 N–H and O–H groups in total. The minimum absolute atomic E-state index is 0. The minimum Gasteiger partial charge on any atom is -0.288 e. The number of carbonyl (C=O) groups is 1. The first-order valence-corrected chi connectivity index (χ1v) is 9.44. The molecule has 0 aliphatic carbocycles. The number of hydrogen-bond donors (Lipinski definition) is 0. The van der Waals surface area contributed by atoms with Crippen LogP contribution in [0.1, 0.15) is 27.0 Å². The van der Waals surface area contributed by atoms with Crippen LogP contribution < -0.4 is 10.6 Å². The molecule has 0 atom stereocenters. The second kappa shape index (κ2) is 8.64. The van der Waals surface area contributed by atoms with Crippen LogP contribution in [0, 0.1) is 20.8 Å². The summed E-state index contributed by atoms with van der Waals surface area (Å²) < 4.78 is 0. The number of carbonyl (C=O) groups excluding carboxylic acids is 1. The number of rotatable bonds is 4. The molecule has 3 aromatic carbocycles. The van der Waals surface area contributed by atoms with Crippen LogP contribution in [0.15, 0.2) is 72.8 Å². The average Bonchev–Trinajstić information content (AvgIpc) is 2.56. The van der Waals surface area contributed by atoms with Gasteiger partial charge in [-0.25, -0.2) is 0 Å². The van der Waals surface area contributed by atoms with E-state index in [2.05, 4.69) is 43.3 Å². The SMILES string of the molecule is Cc1cc(C)c(C(=O)P(c2ccccc2)c2ccccc2)c(C)c1.[Li]. The molecule has 1 nitrogen and oxygen atoms in total. The van der Waals surface area contributed by atoms with Crippen LogP contribution in [-0.2, 0) is 0 Å². The summed E-state index contributed by atoms with van der Waals surface area (Å²) in [6.07, 6.45) is 0. The van der Waals surface area contributed by atoms with E-state index in [9.17, 15) is 4.79 Å². The molecule has 0 bridgehead atoms. The maximum Gasteiger partial charge on any atom is 0.193 e. The summed E-state index contributed by atoms with van der Waals surface area (Å²) in [5, 5.41) is 2.20. The maximum atomic E-state index is 13.5. The van der Waals surface area contributed by atoms with Crippen molar-refractivity contribution < 1.29 is 4.79 Å². The van der Waals surface area contributed by atoms with Crippen molar-refractivity contribution in [2.75, 3.05) is 0 Å². The van der Waals surface area contributed by atoms with E-state index in [-0.39, 0.29) is 24.4 Å². The Morgan fingerprint density at radius 1 is 0.720 bits per heavy atom. The van der Waals surface area contributed by atoms with Crippen molar-refractivity contribution >= 4 is 42.9 Å². The first-order chi connectivity index (χ1) is 11.6. The van der Waals surface area contributed by atoms with Gasteiger partial charge in [-0.15, -0.1) is 0 Å². The fourth-order valence-electron chi connectivity index (χ4n) is 3.17. The second-order valence-corrected chi connectivity index (χ2v) is 8.20. The van der Waals surface area contributed by atoms with Gasteiger partial charge in [-0.3, -0.25) is 4.79 Å². The molecular formula is C22H21LiOP. The van der Waals surface area contributed by atoms with E-state index >= 15 is 0 Å². The Labute approximate surface area is 163 Å². The van der Waals surface area contributed by atoms with Gasteiger partial charge in [0, 0.05) is 32.3 Å². The first kappa shape index (κ1) is 19.7. The standard InChI is InChI=1S/C22H21OP.Li/c1-16-14-17(2)21(18(3)15-16)22(23)24(19-10-6-4-7-11-19)20-12-8-5-9-13-20;/h4-15H,1-3H3;. The van der Waals surface area contributed by atoms with Gasteiger partial charge < -0.3 is 0 Å². The summed E-state index contributed by atoms with van der Waals surface area (Å²) in [7, 11) is -1.07. The van der Waals surface area contributed by atoms with E-state index in [4.69, 9.17) is 0 Å².